The number of hydrogen-bond acceptors (Lipinski definition) is 6. The summed E-state index contributed by atoms with van der Waals surface area (Å²) in [5.74, 6) is -0.591. The summed E-state index contributed by atoms with van der Waals surface area (Å²) in [5, 5.41) is 8.93. The molecule has 0 bridgehead atoms. The van der Waals surface area contributed by atoms with Crippen LogP contribution < -0.4 is 4.72 Å². The molecule has 6 nitrogen and oxygen atoms in total. The standard InChI is InChI=1S/C11H16BrNO5S2/c1-11(2,4-5-14)13-20(16,17)8-6-7(10(15)18-3)19-9(8)12/h6,13-14H,4-5H2,1-3H3. The van der Waals surface area contributed by atoms with Gasteiger partial charge in [-0.3, -0.25) is 0 Å². The number of rotatable bonds is 6. The largest absolute Gasteiger partial charge is 0.465 e. The number of aliphatic hydroxyl groups is 1. The first-order chi connectivity index (χ1) is 9.13. The van der Waals surface area contributed by atoms with Crippen molar-refractivity contribution in [1.82, 2.24) is 4.72 Å². The van der Waals surface area contributed by atoms with Crippen LogP contribution in [0.1, 0.15) is 29.9 Å². The van der Waals surface area contributed by atoms with Gasteiger partial charge in [0.1, 0.15) is 9.77 Å². The van der Waals surface area contributed by atoms with Crippen LogP contribution in [0.15, 0.2) is 14.7 Å². The Hall–Kier alpha value is -0.480. The molecule has 0 aromatic carbocycles. The van der Waals surface area contributed by atoms with E-state index in [4.69, 9.17) is 5.11 Å². The lowest BCUT2D eigenvalue weighted by Crippen LogP contribution is -2.43. The third-order valence-electron chi connectivity index (χ3n) is 2.48. The molecule has 0 aliphatic rings. The van der Waals surface area contributed by atoms with Crippen LogP contribution in [0, 0.1) is 0 Å². The number of nitrogens with one attached hydrogen (secondary N) is 1. The molecule has 0 radical (unpaired) electrons. The third kappa shape index (κ3) is 4.26. The van der Waals surface area contributed by atoms with Gasteiger partial charge in [0.2, 0.25) is 10.0 Å². The molecular formula is C11H16BrNO5S2. The first-order valence-corrected chi connectivity index (χ1v) is 8.75. The second-order valence-electron chi connectivity index (χ2n) is 4.70. The Bertz CT molecular complexity index is 594. The highest BCUT2D eigenvalue weighted by molar-refractivity contribution is 9.11. The van der Waals surface area contributed by atoms with E-state index in [2.05, 4.69) is 25.4 Å². The molecule has 2 N–H and O–H groups in total. The number of esters is 1. The van der Waals surface area contributed by atoms with Gasteiger partial charge in [-0.15, -0.1) is 11.3 Å². The van der Waals surface area contributed by atoms with E-state index in [0.29, 0.717) is 3.79 Å². The van der Waals surface area contributed by atoms with Crippen LogP contribution >= 0.6 is 27.3 Å². The van der Waals surface area contributed by atoms with Crippen LogP contribution in [0.25, 0.3) is 0 Å². The van der Waals surface area contributed by atoms with Crippen molar-refractivity contribution in [1.29, 1.82) is 0 Å². The highest BCUT2D eigenvalue weighted by Gasteiger charge is 2.29. The molecule has 9 heteroatoms. The zero-order chi connectivity index (χ0) is 15.6. The van der Waals surface area contributed by atoms with Crippen molar-refractivity contribution in [2.75, 3.05) is 13.7 Å². The molecule has 0 saturated heterocycles. The predicted octanol–water partition coefficient (Wildman–Crippen LogP) is 1.74. The topological polar surface area (TPSA) is 92.7 Å². The molecule has 0 aliphatic heterocycles. The Labute approximate surface area is 130 Å². The lowest BCUT2D eigenvalue weighted by atomic mass is 10.0. The van der Waals surface area contributed by atoms with E-state index in [9.17, 15) is 13.2 Å². The summed E-state index contributed by atoms with van der Waals surface area (Å²) in [6.45, 7) is 3.21. The molecule has 1 rings (SSSR count). The first kappa shape index (κ1) is 17.6. The third-order valence-corrected chi connectivity index (χ3v) is 6.41. The second-order valence-corrected chi connectivity index (χ2v) is 8.72. The van der Waals surface area contributed by atoms with E-state index < -0.39 is 21.5 Å². The van der Waals surface area contributed by atoms with E-state index in [1.165, 1.54) is 13.2 Å². The monoisotopic (exact) mass is 385 g/mol. The lowest BCUT2D eigenvalue weighted by Gasteiger charge is -2.24. The van der Waals surface area contributed by atoms with Gasteiger partial charge in [-0.1, -0.05) is 0 Å². The van der Waals surface area contributed by atoms with Crippen LogP contribution in [0.5, 0.6) is 0 Å². The maximum atomic E-state index is 12.3. The van der Waals surface area contributed by atoms with Crippen molar-refractivity contribution >= 4 is 43.3 Å². The molecule has 1 heterocycles. The maximum Gasteiger partial charge on any atom is 0.348 e. The minimum atomic E-state index is -3.80. The fourth-order valence-electron chi connectivity index (χ4n) is 1.49. The van der Waals surface area contributed by atoms with Gasteiger partial charge in [0.25, 0.3) is 0 Å². The van der Waals surface area contributed by atoms with E-state index >= 15 is 0 Å². The summed E-state index contributed by atoms with van der Waals surface area (Å²) in [5.41, 5.74) is -0.791. The SMILES string of the molecule is COC(=O)c1cc(S(=O)(=O)NC(C)(C)CCO)c(Br)s1. The number of aliphatic hydroxyl groups excluding tert-OH is 1. The molecule has 0 saturated carbocycles. The molecular weight excluding hydrogens is 370 g/mol. The zero-order valence-electron chi connectivity index (χ0n) is 11.3. The molecule has 114 valence electrons. The van der Waals surface area contributed by atoms with Gasteiger partial charge in [0, 0.05) is 12.1 Å². The zero-order valence-corrected chi connectivity index (χ0v) is 14.5. The Balaban J connectivity index is 3.10. The van der Waals surface area contributed by atoms with Crippen LogP contribution in [-0.2, 0) is 14.8 Å². The minimum Gasteiger partial charge on any atom is -0.465 e. The number of carbonyl (C=O) groups is 1. The van der Waals surface area contributed by atoms with Gasteiger partial charge in [-0.2, -0.15) is 0 Å². The number of thiophene rings is 1. The molecule has 0 spiro atoms. The molecule has 0 aliphatic carbocycles. The highest BCUT2D eigenvalue weighted by atomic mass is 79.9. The Morgan fingerprint density at radius 2 is 2.15 bits per heavy atom. The van der Waals surface area contributed by atoms with Gasteiger partial charge >= 0.3 is 5.97 Å². The van der Waals surface area contributed by atoms with Crippen LogP contribution in [0.2, 0.25) is 0 Å². The van der Waals surface area contributed by atoms with Crippen molar-refractivity contribution < 1.29 is 23.1 Å². The molecule has 0 unspecified atom stereocenters. The van der Waals surface area contributed by atoms with Gasteiger partial charge in [0.15, 0.2) is 0 Å². The minimum absolute atomic E-state index is 0.0195. The smallest absolute Gasteiger partial charge is 0.348 e. The van der Waals surface area contributed by atoms with E-state index in [1.54, 1.807) is 13.8 Å². The highest BCUT2D eigenvalue weighted by Crippen LogP contribution is 2.32. The quantitative estimate of drug-likeness (QED) is 0.727. The molecule has 1 aromatic heterocycles. The van der Waals surface area contributed by atoms with Gasteiger partial charge in [-0.25, -0.2) is 17.9 Å². The van der Waals surface area contributed by atoms with E-state index in [0.717, 1.165) is 11.3 Å². The van der Waals surface area contributed by atoms with Crippen LogP contribution in [0.3, 0.4) is 0 Å². The molecule has 0 atom stereocenters. The molecule has 20 heavy (non-hydrogen) atoms. The van der Waals surface area contributed by atoms with Crippen LogP contribution in [-0.4, -0.2) is 38.7 Å². The number of methoxy groups -OCH3 is 1. The summed E-state index contributed by atoms with van der Waals surface area (Å²) >= 11 is 4.13. The van der Waals surface area contributed by atoms with E-state index in [-0.39, 0.29) is 22.8 Å². The Morgan fingerprint density at radius 1 is 1.55 bits per heavy atom. The number of hydrogen-bond donors (Lipinski definition) is 2. The summed E-state index contributed by atoms with van der Waals surface area (Å²) in [6, 6.07) is 1.26. The predicted molar refractivity (Wildman–Crippen MR) is 79.5 cm³/mol. The lowest BCUT2D eigenvalue weighted by molar-refractivity contribution is 0.0606. The molecule has 1 aromatic rings. The fourth-order valence-corrected chi connectivity index (χ4v) is 5.41. The van der Waals surface area contributed by atoms with Crippen molar-refractivity contribution in [3.63, 3.8) is 0 Å². The molecule has 0 amide bonds. The number of carbonyl (C=O) groups excluding carboxylic acids is 1. The van der Waals surface area contributed by atoms with Gasteiger partial charge in [-0.05, 0) is 42.3 Å². The summed E-state index contributed by atoms with van der Waals surface area (Å²) in [7, 11) is -2.57. The molecule has 0 fully saturated rings. The van der Waals surface area contributed by atoms with Crippen molar-refractivity contribution in [2.24, 2.45) is 0 Å². The Morgan fingerprint density at radius 3 is 2.65 bits per heavy atom. The van der Waals surface area contributed by atoms with Crippen molar-refractivity contribution in [2.45, 2.75) is 30.7 Å². The second kappa shape index (κ2) is 6.52. The van der Waals surface area contributed by atoms with Gasteiger partial charge in [0.05, 0.1) is 10.9 Å². The number of halogens is 1. The summed E-state index contributed by atoms with van der Waals surface area (Å²) < 4.78 is 32.0. The summed E-state index contributed by atoms with van der Waals surface area (Å²) in [4.78, 5) is 11.6. The normalized spacial score (nSPS) is 12.4. The fraction of sp³-hybridized carbons (Fsp3) is 0.545. The number of ether oxygens (including phenoxy) is 1. The first-order valence-electron chi connectivity index (χ1n) is 5.65. The van der Waals surface area contributed by atoms with E-state index in [1.807, 2.05) is 0 Å². The Kier molecular flexibility index (Phi) is 5.73. The van der Waals surface area contributed by atoms with Crippen molar-refractivity contribution in [3.05, 3.63) is 14.7 Å². The summed E-state index contributed by atoms with van der Waals surface area (Å²) in [6.07, 6.45) is 0.276. The average Bonchev–Trinajstić information content (AvgIpc) is 2.69. The van der Waals surface area contributed by atoms with Gasteiger partial charge < -0.3 is 9.84 Å². The average molecular weight is 386 g/mol. The van der Waals surface area contributed by atoms with Crippen molar-refractivity contribution in [3.8, 4) is 0 Å². The maximum absolute atomic E-state index is 12.3. The number of sulfonamides is 1. The van der Waals surface area contributed by atoms with Crippen LogP contribution in [0.4, 0.5) is 0 Å².